The van der Waals surface area contributed by atoms with Gasteiger partial charge in [-0.05, 0) is 34.6 Å². The lowest BCUT2D eigenvalue weighted by atomic mass is 9.91. The monoisotopic (exact) mass is 304 g/mol. The van der Waals surface area contributed by atoms with Gasteiger partial charge in [-0.15, -0.1) is 11.3 Å². The molecule has 2 nitrogen and oxygen atoms in total. The highest BCUT2D eigenvalue weighted by atomic mass is 79.9. The predicted molar refractivity (Wildman–Crippen MR) is 76.5 cm³/mol. The van der Waals surface area contributed by atoms with Gasteiger partial charge in [-0.3, -0.25) is 0 Å². The molecule has 0 saturated carbocycles. The highest BCUT2D eigenvalue weighted by molar-refractivity contribution is 9.11. The molecule has 0 amide bonds. The summed E-state index contributed by atoms with van der Waals surface area (Å²) in [6, 6.07) is 4.33. The van der Waals surface area contributed by atoms with Gasteiger partial charge in [0.2, 0.25) is 0 Å². The van der Waals surface area contributed by atoms with E-state index in [4.69, 9.17) is 0 Å². The number of halogens is 1. The van der Waals surface area contributed by atoms with Crippen molar-refractivity contribution in [3.8, 4) is 0 Å². The minimum Gasteiger partial charge on any atom is -0.316 e. The average molecular weight is 305 g/mol. The first-order chi connectivity index (χ1) is 7.56. The van der Waals surface area contributed by atoms with Crippen LogP contribution in [0.3, 0.4) is 0 Å². The van der Waals surface area contributed by atoms with Gasteiger partial charge in [-0.2, -0.15) is 0 Å². The molecule has 4 heteroatoms. The van der Waals surface area contributed by atoms with Crippen molar-refractivity contribution in [1.29, 1.82) is 0 Å². The van der Waals surface area contributed by atoms with Crippen LogP contribution in [0.1, 0.15) is 25.6 Å². The maximum Gasteiger partial charge on any atom is 0.0701 e. The van der Waals surface area contributed by atoms with Crippen molar-refractivity contribution < 1.29 is 0 Å². The van der Waals surface area contributed by atoms with E-state index in [1.54, 1.807) is 0 Å². The lowest BCUT2D eigenvalue weighted by molar-refractivity contribution is 0.473. The number of thiophene rings is 1. The summed E-state index contributed by atoms with van der Waals surface area (Å²) in [4.78, 5) is 1.43. The fourth-order valence-electron chi connectivity index (χ4n) is 1.52. The SMILES string of the molecule is CCNCCNCC(C)(C)c1ccc(Br)s1. The predicted octanol–water partition coefficient (Wildman–Crippen LogP) is 2.99. The zero-order chi connectivity index (χ0) is 12.0. The third-order valence-corrected chi connectivity index (χ3v) is 4.53. The van der Waals surface area contributed by atoms with E-state index >= 15 is 0 Å². The molecule has 1 rings (SSSR count). The second-order valence-electron chi connectivity index (χ2n) is 4.52. The molecule has 0 spiro atoms. The summed E-state index contributed by atoms with van der Waals surface area (Å²) < 4.78 is 1.21. The topological polar surface area (TPSA) is 24.1 Å². The van der Waals surface area contributed by atoms with Gasteiger partial charge >= 0.3 is 0 Å². The van der Waals surface area contributed by atoms with Gasteiger partial charge < -0.3 is 10.6 Å². The lowest BCUT2D eigenvalue weighted by Gasteiger charge is -2.23. The third-order valence-electron chi connectivity index (χ3n) is 2.54. The Kier molecular flexibility index (Phi) is 5.97. The smallest absolute Gasteiger partial charge is 0.0701 e. The average Bonchev–Trinajstić information content (AvgIpc) is 2.65. The van der Waals surface area contributed by atoms with Gasteiger partial charge in [0.05, 0.1) is 3.79 Å². The molecule has 1 heterocycles. The first-order valence-electron chi connectivity index (χ1n) is 5.73. The summed E-state index contributed by atoms with van der Waals surface area (Å²) in [6.45, 7) is 10.8. The van der Waals surface area contributed by atoms with Crippen LogP contribution in [0.25, 0.3) is 0 Å². The van der Waals surface area contributed by atoms with Gasteiger partial charge in [-0.25, -0.2) is 0 Å². The third kappa shape index (κ3) is 4.53. The molecule has 0 aliphatic heterocycles. The van der Waals surface area contributed by atoms with Gasteiger partial charge in [0.15, 0.2) is 0 Å². The van der Waals surface area contributed by atoms with Gasteiger partial charge in [0, 0.05) is 29.9 Å². The van der Waals surface area contributed by atoms with Crippen molar-refractivity contribution in [3.63, 3.8) is 0 Å². The summed E-state index contributed by atoms with van der Waals surface area (Å²) in [5, 5.41) is 6.81. The molecule has 92 valence electrons. The summed E-state index contributed by atoms with van der Waals surface area (Å²) in [5.41, 5.74) is 0.211. The lowest BCUT2D eigenvalue weighted by Crippen LogP contribution is -2.36. The standard InChI is InChI=1S/C12H21BrN2S/c1-4-14-7-8-15-9-12(2,3)10-5-6-11(13)16-10/h5-6,14-15H,4,7-9H2,1-3H3. The van der Waals surface area contributed by atoms with Crippen molar-refractivity contribution in [2.45, 2.75) is 26.2 Å². The van der Waals surface area contributed by atoms with E-state index in [1.165, 1.54) is 8.66 Å². The normalized spacial score (nSPS) is 12.0. The highest BCUT2D eigenvalue weighted by Gasteiger charge is 2.21. The molecule has 0 aromatic carbocycles. The maximum atomic E-state index is 3.52. The van der Waals surface area contributed by atoms with Crippen LogP contribution in [0, 0.1) is 0 Å². The van der Waals surface area contributed by atoms with Crippen LogP contribution in [-0.4, -0.2) is 26.2 Å². The molecule has 0 radical (unpaired) electrons. The van der Waals surface area contributed by atoms with E-state index < -0.39 is 0 Å². The number of nitrogens with one attached hydrogen (secondary N) is 2. The van der Waals surface area contributed by atoms with Crippen molar-refractivity contribution in [3.05, 3.63) is 20.8 Å². The molecule has 0 fully saturated rings. The Labute approximate surface area is 111 Å². The molecule has 0 aliphatic carbocycles. The Bertz CT molecular complexity index is 310. The molecule has 0 atom stereocenters. The zero-order valence-electron chi connectivity index (χ0n) is 10.3. The Morgan fingerprint density at radius 2 is 1.94 bits per heavy atom. The fourth-order valence-corrected chi connectivity index (χ4v) is 3.01. The fraction of sp³-hybridized carbons (Fsp3) is 0.667. The van der Waals surface area contributed by atoms with E-state index in [9.17, 15) is 0 Å². The van der Waals surface area contributed by atoms with Crippen LogP contribution in [-0.2, 0) is 5.41 Å². The Balaban J connectivity index is 2.34. The van der Waals surface area contributed by atoms with Crippen LogP contribution >= 0.6 is 27.3 Å². The van der Waals surface area contributed by atoms with Crippen molar-refractivity contribution >= 4 is 27.3 Å². The van der Waals surface area contributed by atoms with Crippen LogP contribution in [0.5, 0.6) is 0 Å². The van der Waals surface area contributed by atoms with E-state index in [2.05, 4.69) is 59.5 Å². The minimum atomic E-state index is 0.211. The molecule has 0 bridgehead atoms. The number of rotatable bonds is 7. The molecule has 2 N–H and O–H groups in total. The molecule has 0 saturated heterocycles. The number of hydrogen-bond donors (Lipinski definition) is 2. The Morgan fingerprint density at radius 1 is 1.25 bits per heavy atom. The molecule has 0 aliphatic rings. The van der Waals surface area contributed by atoms with Gasteiger partial charge in [0.1, 0.15) is 0 Å². The summed E-state index contributed by atoms with van der Waals surface area (Å²) >= 11 is 5.34. The van der Waals surface area contributed by atoms with Crippen molar-refractivity contribution in [2.24, 2.45) is 0 Å². The summed E-state index contributed by atoms with van der Waals surface area (Å²) in [7, 11) is 0. The summed E-state index contributed by atoms with van der Waals surface area (Å²) in [5.74, 6) is 0. The van der Waals surface area contributed by atoms with Gasteiger partial charge in [0.25, 0.3) is 0 Å². The van der Waals surface area contributed by atoms with E-state index in [0.717, 1.165) is 26.2 Å². The Hall–Kier alpha value is 0.1000. The first kappa shape index (κ1) is 14.2. The highest BCUT2D eigenvalue weighted by Crippen LogP contribution is 2.32. The summed E-state index contributed by atoms with van der Waals surface area (Å²) in [6.07, 6.45) is 0. The minimum absolute atomic E-state index is 0.211. The zero-order valence-corrected chi connectivity index (χ0v) is 12.7. The van der Waals surface area contributed by atoms with Gasteiger partial charge in [-0.1, -0.05) is 20.8 Å². The largest absolute Gasteiger partial charge is 0.316 e. The Morgan fingerprint density at radius 3 is 2.50 bits per heavy atom. The van der Waals surface area contributed by atoms with Crippen LogP contribution in [0.15, 0.2) is 15.9 Å². The van der Waals surface area contributed by atoms with Crippen LogP contribution < -0.4 is 10.6 Å². The van der Waals surface area contributed by atoms with E-state index in [-0.39, 0.29) is 5.41 Å². The molecular formula is C12H21BrN2S. The van der Waals surface area contributed by atoms with Crippen molar-refractivity contribution in [1.82, 2.24) is 10.6 Å². The second kappa shape index (κ2) is 6.74. The molecule has 1 aromatic rings. The number of likely N-dealkylation sites (N-methyl/N-ethyl adjacent to an activating group) is 1. The van der Waals surface area contributed by atoms with Crippen molar-refractivity contribution in [2.75, 3.05) is 26.2 Å². The van der Waals surface area contributed by atoms with Crippen LogP contribution in [0.4, 0.5) is 0 Å². The maximum absolute atomic E-state index is 3.52. The van der Waals surface area contributed by atoms with E-state index in [0.29, 0.717) is 0 Å². The molecular weight excluding hydrogens is 284 g/mol. The van der Waals surface area contributed by atoms with Crippen LogP contribution in [0.2, 0.25) is 0 Å². The molecule has 0 unspecified atom stereocenters. The second-order valence-corrected chi connectivity index (χ2v) is 6.98. The quantitative estimate of drug-likeness (QED) is 0.757. The number of hydrogen-bond acceptors (Lipinski definition) is 3. The molecule has 16 heavy (non-hydrogen) atoms. The van der Waals surface area contributed by atoms with E-state index in [1.807, 2.05) is 11.3 Å². The first-order valence-corrected chi connectivity index (χ1v) is 7.34. The molecule has 1 aromatic heterocycles.